The van der Waals surface area contributed by atoms with E-state index in [0.717, 1.165) is 0 Å². The number of phenolic OH excluding ortho intramolecular Hbond substituents is 1. The number of hydrogen-bond donors (Lipinski definition) is 1. The van der Waals surface area contributed by atoms with Crippen molar-refractivity contribution in [2.24, 2.45) is 5.41 Å². The monoisotopic (exact) mass is 278 g/mol. The number of ketones is 1. The summed E-state index contributed by atoms with van der Waals surface area (Å²) < 4.78 is 4.66. The van der Waals surface area contributed by atoms with Crippen LogP contribution in [-0.4, -0.2) is 24.0 Å². The number of carbonyl (C=O) groups is 2. The smallest absolute Gasteiger partial charge is 0.312 e. The molecule has 0 saturated heterocycles. The van der Waals surface area contributed by atoms with Crippen LogP contribution >= 0.6 is 0 Å². The van der Waals surface area contributed by atoms with Crippen molar-refractivity contribution in [3.8, 4) is 5.75 Å². The summed E-state index contributed by atoms with van der Waals surface area (Å²) in [5.74, 6) is -1.05. The molecule has 0 bridgehead atoms. The van der Waals surface area contributed by atoms with Crippen molar-refractivity contribution in [3.63, 3.8) is 0 Å². The predicted octanol–water partition coefficient (Wildman–Crippen LogP) is 3.29. The van der Waals surface area contributed by atoms with Crippen LogP contribution in [0.4, 0.5) is 0 Å². The Morgan fingerprint density at radius 3 is 2.35 bits per heavy atom. The lowest BCUT2D eigenvalue weighted by molar-refractivity contribution is -0.141. The van der Waals surface area contributed by atoms with Gasteiger partial charge in [-0.15, -0.1) is 0 Å². The number of phenols is 1. The van der Waals surface area contributed by atoms with Gasteiger partial charge < -0.3 is 9.84 Å². The Hall–Kier alpha value is -1.84. The summed E-state index contributed by atoms with van der Waals surface area (Å²) in [4.78, 5) is 23.6. The van der Waals surface area contributed by atoms with Crippen LogP contribution in [0.3, 0.4) is 0 Å². The van der Waals surface area contributed by atoms with Gasteiger partial charge in [0.1, 0.15) is 5.75 Å². The molecule has 0 heterocycles. The Bertz CT molecular complexity index is 512. The van der Waals surface area contributed by atoms with E-state index < -0.39 is 5.92 Å². The number of carbonyl (C=O) groups excluding carboxylic acids is 2. The van der Waals surface area contributed by atoms with Gasteiger partial charge in [-0.05, 0) is 30.0 Å². The summed E-state index contributed by atoms with van der Waals surface area (Å²) in [7, 11) is 1.32. The van der Waals surface area contributed by atoms with Gasteiger partial charge in [0.05, 0.1) is 18.6 Å². The summed E-state index contributed by atoms with van der Waals surface area (Å²) in [6.45, 7) is 7.60. The van der Waals surface area contributed by atoms with E-state index >= 15 is 0 Å². The number of ether oxygens (including phenoxy) is 1. The SMILES string of the molecule is COC(=O)C(C)c1ccc(C(=O)CC(C)(C)C)c(O)c1. The lowest BCUT2D eigenvalue weighted by Crippen LogP contribution is -2.14. The van der Waals surface area contributed by atoms with Crippen molar-refractivity contribution < 1.29 is 19.4 Å². The molecule has 0 aliphatic carbocycles. The predicted molar refractivity (Wildman–Crippen MR) is 76.9 cm³/mol. The molecule has 1 unspecified atom stereocenters. The maximum Gasteiger partial charge on any atom is 0.312 e. The van der Waals surface area contributed by atoms with Crippen LogP contribution in [0.2, 0.25) is 0 Å². The molecule has 110 valence electrons. The highest BCUT2D eigenvalue weighted by Gasteiger charge is 2.22. The van der Waals surface area contributed by atoms with Crippen LogP contribution in [0.5, 0.6) is 5.75 Å². The molecule has 0 aliphatic heterocycles. The van der Waals surface area contributed by atoms with Gasteiger partial charge in [0.15, 0.2) is 5.78 Å². The second-order valence-electron chi connectivity index (χ2n) is 6.18. The minimum atomic E-state index is -0.474. The minimum absolute atomic E-state index is 0.0903. The van der Waals surface area contributed by atoms with Gasteiger partial charge in [0.25, 0.3) is 0 Å². The Morgan fingerprint density at radius 1 is 1.30 bits per heavy atom. The third kappa shape index (κ3) is 4.08. The lowest BCUT2D eigenvalue weighted by Gasteiger charge is -2.17. The van der Waals surface area contributed by atoms with Crippen molar-refractivity contribution >= 4 is 11.8 Å². The average molecular weight is 278 g/mol. The van der Waals surface area contributed by atoms with Gasteiger partial charge in [0.2, 0.25) is 0 Å². The summed E-state index contributed by atoms with van der Waals surface area (Å²) in [5.41, 5.74) is 0.781. The van der Waals surface area contributed by atoms with Crippen LogP contribution in [-0.2, 0) is 9.53 Å². The van der Waals surface area contributed by atoms with Gasteiger partial charge in [-0.1, -0.05) is 26.8 Å². The number of esters is 1. The van der Waals surface area contributed by atoms with E-state index in [4.69, 9.17) is 0 Å². The van der Waals surface area contributed by atoms with E-state index in [9.17, 15) is 14.7 Å². The number of hydrogen-bond acceptors (Lipinski definition) is 4. The first-order valence-electron chi connectivity index (χ1n) is 6.59. The number of benzene rings is 1. The molecule has 1 rings (SSSR count). The maximum atomic E-state index is 12.1. The van der Waals surface area contributed by atoms with Gasteiger partial charge in [-0.25, -0.2) is 0 Å². The third-order valence-corrected chi connectivity index (χ3v) is 3.07. The molecule has 1 aromatic rings. The van der Waals surface area contributed by atoms with Gasteiger partial charge >= 0.3 is 5.97 Å². The molecule has 4 heteroatoms. The highest BCUT2D eigenvalue weighted by molar-refractivity contribution is 5.99. The Labute approximate surface area is 119 Å². The molecule has 0 spiro atoms. The van der Waals surface area contributed by atoms with E-state index in [0.29, 0.717) is 17.5 Å². The zero-order valence-electron chi connectivity index (χ0n) is 12.7. The molecule has 0 aromatic heterocycles. The zero-order valence-corrected chi connectivity index (χ0v) is 12.7. The van der Waals surface area contributed by atoms with Crippen molar-refractivity contribution in [3.05, 3.63) is 29.3 Å². The largest absolute Gasteiger partial charge is 0.507 e. The molecular formula is C16H22O4. The highest BCUT2D eigenvalue weighted by Crippen LogP contribution is 2.28. The summed E-state index contributed by atoms with van der Waals surface area (Å²) in [6.07, 6.45) is 0.354. The van der Waals surface area contributed by atoms with E-state index in [1.54, 1.807) is 19.1 Å². The fraction of sp³-hybridized carbons (Fsp3) is 0.500. The van der Waals surface area contributed by atoms with Crippen LogP contribution in [0.15, 0.2) is 18.2 Å². The van der Waals surface area contributed by atoms with Gasteiger partial charge in [-0.2, -0.15) is 0 Å². The standard InChI is InChI=1S/C16H22O4/c1-10(15(19)20-5)11-6-7-12(13(17)8-11)14(18)9-16(2,3)4/h6-8,10,17H,9H2,1-5H3. The van der Waals surface area contributed by atoms with E-state index in [2.05, 4.69) is 4.74 Å². The van der Waals surface area contributed by atoms with Gasteiger partial charge in [0, 0.05) is 6.42 Å². The summed E-state index contributed by atoms with van der Waals surface area (Å²) >= 11 is 0. The first kappa shape index (κ1) is 16.2. The van der Waals surface area contributed by atoms with Crippen molar-refractivity contribution in [2.45, 2.75) is 40.0 Å². The highest BCUT2D eigenvalue weighted by atomic mass is 16.5. The average Bonchev–Trinajstić information content (AvgIpc) is 2.34. The molecule has 0 fully saturated rings. The zero-order chi connectivity index (χ0) is 15.5. The lowest BCUT2D eigenvalue weighted by atomic mass is 9.87. The summed E-state index contributed by atoms with van der Waals surface area (Å²) in [5, 5.41) is 9.99. The van der Waals surface area contributed by atoms with Crippen molar-refractivity contribution in [2.75, 3.05) is 7.11 Å². The molecule has 0 radical (unpaired) electrons. The summed E-state index contributed by atoms with van der Waals surface area (Å²) in [6, 6.07) is 4.70. The molecule has 0 amide bonds. The fourth-order valence-electron chi connectivity index (χ4n) is 1.94. The third-order valence-electron chi connectivity index (χ3n) is 3.07. The van der Waals surface area contributed by atoms with E-state index in [-0.39, 0.29) is 22.9 Å². The van der Waals surface area contributed by atoms with Crippen LogP contribution < -0.4 is 0 Å². The second kappa shape index (κ2) is 6.07. The maximum absolute atomic E-state index is 12.1. The molecule has 1 aromatic carbocycles. The van der Waals surface area contributed by atoms with Crippen LogP contribution in [0.25, 0.3) is 0 Å². The van der Waals surface area contributed by atoms with Crippen molar-refractivity contribution in [1.29, 1.82) is 0 Å². The van der Waals surface area contributed by atoms with Crippen LogP contribution in [0.1, 0.15) is 56.0 Å². The normalized spacial score (nSPS) is 12.8. The molecule has 1 atom stereocenters. The fourth-order valence-corrected chi connectivity index (χ4v) is 1.94. The Kier molecular flexibility index (Phi) is 4.93. The molecule has 4 nitrogen and oxygen atoms in total. The molecule has 0 aliphatic rings. The first-order valence-corrected chi connectivity index (χ1v) is 6.59. The molecular weight excluding hydrogens is 256 g/mol. The Morgan fingerprint density at radius 2 is 1.90 bits per heavy atom. The van der Waals surface area contributed by atoms with E-state index in [1.807, 2.05) is 20.8 Å². The quantitative estimate of drug-likeness (QED) is 0.678. The van der Waals surface area contributed by atoms with Crippen molar-refractivity contribution in [1.82, 2.24) is 0 Å². The number of rotatable bonds is 4. The Balaban J connectivity index is 2.99. The van der Waals surface area contributed by atoms with Crippen LogP contribution in [0, 0.1) is 5.41 Å². The minimum Gasteiger partial charge on any atom is -0.507 e. The first-order chi connectivity index (χ1) is 9.15. The molecule has 0 saturated carbocycles. The molecule has 1 N–H and O–H groups in total. The number of Topliss-reactive ketones (excluding diaryl/α,β-unsaturated/α-hetero) is 1. The van der Waals surface area contributed by atoms with E-state index in [1.165, 1.54) is 13.2 Å². The van der Waals surface area contributed by atoms with Gasteiger partial charge in [-0.3, -0.25) is 9.59 Å². The second-order valence-corrected chi connectivity index (χ2v) is 6.18. The topological polar surface area (TPSA) is 63.6 Å². The molecule has 20 heavy (non-hydrogen) atoms. The number of aromatic hydroxyl groups is 1. The number of methoxy groups -OCH3 is 1.